The highest BCUT2D eigenvalue weighted by Gasteiger charge is 2.45. The second-order valence-electron chi connectivity index (χ2n) is 7.52. The molecule has 0 aromatic heterocycles. The fraction of sp³-hybridized carbons (Fsp3) is 0.167. The van der Waals surface area contributed by atoms with Gasteiger partial charge in [0.1, 0.15) is 5.92 Å². The van der Waals surface area contributed by atoms with Gasteiger partial charge in [-0.05, 0) is 59.5 Å². The molecule has 1 N–H and O–H groups in total. The zero-order chi connectivity index (χ0) is 22.3. The van der Waals surface area contributed by atoms with E-state index in [-0.39, 0.29) is 12.5 Å². The second-order valence-corrected chi connectivity index (χ2v) is 8.80. The molecule has 158 valence electrons. The third-order valence-corrected chi connectivity index (χ3v) is 6.44. The number of benzene rings is 3. The number of amides is 1. The molecule has 1 amide bonds. The average Bonchev–Trinajstić information content (AvgIpc) is 2.72. The van der Waals surface area contributed by atoms with Gasteiger partial charge in [-0.2, -0.15) is 0 Å². The maximum Gasteiger partial charge on any atom is 0.313 e. The number of nitrogens with zero attached hydrogens (tertiary/aromatic N) is 1. The van der Waals surface area contributed by atoms with E-state index in [0.29, 0.717) is 31.8 Å². The van der Waals surface area contributed by atoms with E-state index in [1.807, 2.05) is 13.0 Å². The van der Waals surface area contributed by atoms with Crippen LogP contribution in [0.3, 0.4) is 0 Å². The molecule has 2 unspecified atom stereocenters. The van der Waals surface area contributed by atoms with Crippen molar-refractivity contribution in [1.29, 1.82) is 0 Å². The van der Waals surface area contributed by atoms with Crippen LogP contribution in [0.2, 0.25) is 15.1 Å². The summed E-state index contributed by atoms with van der Waals surface area (Å²) >= 11 is 18.8. The molecule has 0 radical (unpaired) electrons. The monoisotopic (exact) mass is 473 g/mol. The van der Waals surface area contributed by atoms with Crippen LogP contribution in [-0.4, -0.2) is 21.9 Å². The van der Waals surface area contributed by atoms with Crippen molar-refractivity contribution in [3.63, 3.8) is 0 Å². The van der Waals surface area contributed by atoms with E-state index in [0.717, 1.165) is 11.1 Å². The van der Waals surface area contributed by atoms with E-state index < -0.39 is 17.9 Å². The molecule has 0 spiro atoms. The number of aryl methyl sites for hydroxylation is 1. The number of carboxylic acids is 1. The zero-order valence-electron chi connectivity index (χ0n) is 16.5. The maximum absolute atomic E-state index is 13.6. The number of rotatable bonds is 4. The molecule has 1 heterocycles. The first-order chi connectivity index (χ1) is 14.8. The van der Waals surface area contributed by atoms with Gasteiger partial charge in [0.15, 0.2) is 0 Å². The predicted octanol–water partition coefficient (Wildman–Crippen LogP) is 6.52. The Balaban J connectivity index is 1.93. The van der Waals surface area contributed by atoms with Gasteiger partial charge >= 0.3 is 5.97 Å². The normalized spacial score (nSPS) is 18.1. The molecular formula is C24H18Cl3NO3. The van der Waals surface area contributed by atoms with Crippen LogP contribution < -0.4 is 0 Å². The quantitative estimate of drug-likeness (QED) is 0.468. The summed E-state index contributed by atoms with van der Waals surface area (Å²) in [5.41, 5.74) is 3.15. The first kappa shape index (κ1) is 21.7. The molecule has 1 aliphatic rings. The molecule has 0 fully saturated rings. The minimum Gasteiger partial charge on any atom is -0.481 e. The molecule has 1 aliphatic heterocycles. The lowest BCUT2D eigenvalue weighted by Gasteiger charge is -2.41. The van der Waals surface area contributed by atoms with Crippen molar-refractivity contribution < 1.29 is 14.7 Å². The van der Waals surface area contributed by atoms with Crippen LogP contribution in [0.4, 0.5) is 0 Å². The minimum atomic E-state index is -1.04. The van der Waals surface area contributed by atoms with E-state index >= 15 is 0 Å². The van der Waals surface area contributed by atoms with Crippen LogP contribution in [0.15, 0.2) is 60.7 Å². The fourth-order valence-electron chi connectivity index (χ4n) is 4.11. The SMILES string of the molecule is Cc1ccc(Cl)cc1CN1C(=O)c2ccccc2C(C(=O)O)C1c1ccc(Cl)cc1Cl. The molecule has 0 aliphatic carbocycles. The molecule has 31 heavy (non-hydrogen) atoms. The summed E-state index contributed by atoms with van der Waals surface area (Å²) in [6, 6.07) is 16.3. The third kappa shape index (κ3) is 4.03. The van der Waals surface area contributed by atoms with Gasteiger partial charge < -0.3 is 10.0 Å². The Morgan fingerprint density at radius 3 is 2.35 bits per heavy atom. The second kappa shape index (κ2) is 8.54. The predicted molar refractivity (Wildman–Crippen MR) is 122 cm³/mol. The molecule has 4 nitrogen and oxygen atoms in total. The maximum atomic E-state index is 13.6. The van der Waals surface area contributed by atoms with E-state index in [1.165, 1.54) is 0 Å². The van der Waals surface area contributed by atoms with Crippen molar-refractivity contribution in [1.82, 2.24) is 4.90 Å². The number of carboxylic acid groups (broad SMARTS) is 1. The van der Waals surface area contributed by atoms with E-state index in [4.69, 9.17) is 34.8 Å². The van der Waals surface area contributed by atoms with Crippen molar-refractivity contribution in [2.24, 2.45) is 0 Å². The fourth-order valence-corrected chi connectivity index (χ4v) is 4.83. The smallest absolute Gasteiger partial charge is 0.313 e. The van der Waals surface area contributed by atoms with Crippen molar-refractivity contribution in [3.8, 4) is 0 Å². The van der Waals surface area contributed by atoms with Gasteiger partial charge in [0, 0.05) is 27.2 Å². The van der Waals surface area contributed by atoms with Crippen LogP contribution in [0, 0.1) is 6.92 Å². The summed E-state index contributed by atoms with van der Waals surface area (Å²) < 4.78 is 0. The summed E-state index contributed by atoms with van der Waals surface area (Å²) in [6.07, 6.45) is 0. The molecular weight excluding hydrogens is 457 g/mol. The van der Waals surface area contributed by atoms with Crippen molar-refractivity contribution >= 4 is 46.7 Å². The molecule has 0 saturated carbocycles. The lowest BCUT2D eigenvalue weighted by Crippen LogP contribution is -2.44. The van der Waals surface area contributed by atoms with Crippen LogP contribution in [0.5, 0.6) is 0 Å². The Labute approximate surface area is 195 Å². The first-order valence-electron chi connectivity index (χ1n) is 9.60. The Hall–Kier alpha value is -2.53. The van der Waals surface area contributed by atoms with Crippen LogP contribution in [0.25, 0.3) is 0 Å². The number of carbonyl (C=O) groups is 2. The average molecular weight is 475 g/mol. The van der Waals surface area contributed by atoms with Crippen LogP contribution in [0.1, 0.15) is 44.6 Å². The molecule has 3 aromatic carbocycles. The Morgan fingerprint density at radius 2 is 1.65 bits per heavy atom. The van der Waals surface area contributed by atoms with Gasteiger partial charge in [-0.3, -0.25) is 9.59 Å². The highest BCUT2D eigenvalue weighted by Crippen LogP contribution is 2.46. The Kier molecular flexibility index (Phi) is 5.98. The number of carbonyl (C=O) groups excluding carboxylic acids is 1. The number of aliphatic carboxylic acids is 1. The highest BCUT2D eigenvalue weighted by atomic mass is 35.5. The number of halogens is 3. The molecule has 3 aromatic rings. The minimum absolute atomic E-state index is 0.187. The lowest BCUT2D eigenvalue weighted by atomic mass is 9.79. The van der Waals surface area contributed by atoms with Crippen LogP contribution in [-0.2, 0) is 11.3 Å². The van der Waals surface area contributed by atoms with E-state index in [2.05, 4.69) is 0 Å². The molecule has 0 saturated heterocycles. The Morgan fingerprint density at radius 1 is 0.968 bits per heavy atom. The van der Waals surface area contributed by atoms with Gasteiger partial charge in [0.25, 0.3) is 5.91 Å². The van der Waals surface area contributed by atoms with E-state index in [9.17, 15) is 14.7 Å². The van der Waals surface area contributed by atoms with Gasteiger partial charge in [-0.25, -0.2) is 0 Å². The summed E-state index contributed by atoms with van der Waals surface area (Å²) in [7, 11) is 0. The molecule has 7 heteroatoms. The summed E-state index contributed by atoms with van der Waals surface area (Å²) in [5, 5.41) is 11.5. The number of fused-ring (bicyclic) bond motifs is 1. The van der Waals surface area contributed by atoms with E-state index in [1.54, 1.807) is 59.5 Å². The molecule has 0 bridgehead atoms. The Bertz CT molecular complexity index is 1190. The first-order valence-corrected chi connectivity index (χ1v) is 10.7. The molecule has 2 atom stereocenters. The van der Waals surface area contributed by atoms with Crippen molar-refractivity contribution in [2.45, 2.75) is 25.4 Å². The number of hydrogen-bond acceptors (Lipinski definition) is 2. The number of hydrogen-bond donors (Lipinski definition) is 1. The standard InChI is InChI=1S/C24H18Cl3NO3/c1-13-6-7-15(25)10-14(13)12-28-22(19-9-8-16(26)11-20(19)27)21(24(30)31)17-4-2-3-5-18(17)23(28)29/h2-11,21-22H,12H2,1H3,(H,30,31). The summed E-state index contributed by atoms with van der Waals surface area (Å²) in [5.74, 6) is -2.29. The van der Waals surface area contributed by atoms with Gasteiger partial charge in [0.2, 0.25) is 0 Å². The van der Waals surface area contributed by atoms with Crippen molar-refractivity contribution in [3.05, 3.63) is 104 Å². The molecule has 4 rings (SSSR count). The van der Waals surface area contributed by atoms with Gasteiger partial charge in [0.05, 0.1) is 6.04 Å². The largest absolute Gasteiger partial charge is 0.481 e. The van der Waals surface area contributed by atoms with Crippen LogP contribution >= 0.6 is 34.8 Å². The third-order valence-electron chi connectivity index (χ3n) is 5.64. The van der Waals surface area contributed by atoms with Gasteiger partial charge in [-0.15, -0.1) is 0 Å². The summed E-state index contributed by atoms with van der Waals surface area (Å²) in [6.45, 7) is 2.11. The lowest BCUT2D eigenvalue weighted by molar-refractivity contribution is -0.140. The zero-order valence-corrected chi connectivity index (χ0v) is 18.7. The van der Waals surface area contributed by atoms with Gasteiger partial charge in [-0.1, -0.05) is 65.1 Å². The summed E-state index contributed by atoms with van der Waals surface area (Å²) in [4.78, 5) is 27.6. The highest BCUT2D eigenvalue weighted by molar-refractivity contribution is 6.35. The topological polar surface area (TPSA) is 57.6 Å². The van der Waals surface area contributed by atoms with Crippen molar-refractivity contribution in [2.75, 3.05) is 0 Å².